The molecule has 0 amide bonds. The van der Waals surface area contributed by atoms with Crippen molar-refractivity contribution in [3.05, 3.63) is 46.8 Å². The van der Waals surface area contributed by atoms with Crippen molar-refractivity contribution in [2.45, 2.75) is 13.0 Å². The van der Waals surface area contributed by atoms with E-state index >= 15 is 0 Å². The second kappa shape index (κ2) is 5.11. The van der Waals surface area contributed by atoms with Gasteiger partial charge in [-0.1, -0.05) is 6.07 Å². The predicted octanol–water partition coefficient (Wildman–Crippen LogP) is 3.91. The van der Waals surface area contributed by atoms with E-state index < -0.39 is 0 Å². The zero-order valence-corrected chi connectivity index (χ0v) is 11.7. The van der Waals surface area contributed by atoms with Crippen LogP contribution >= 0.6 is 22.9 Å². The van der Waals surface area contributed by atoms with E-state index in [1.54, 1.807) is 17.5 Å². The maximum atomic E-state index is 5.94. The molecule has 3 heterocycles. The van der Waals surface area contributed by atoms with Crippen LogP contribution in [0.3, 0.4) is 0 Å². The van der Waals surface area contributed by atoms with E-state index in [4.69, 9.17) is 11.6 Å². The number of halogens is 1. The van der Waals surface area contributed by atoms with E-state index in [1.165, 1.54) is 0 Å². The van der Waals surface area contributed by atoms with Gasteiger partial charge in [0.05, 0.1) is 16.3 Å². The fourth-order valence-electron chi connectivity index (χ4n) is 1.85. The lowest BCUT2D eigenvalue weighted by molar-refractivity contribution is 0.868. The Labute approximate surface area is 119 Å². The van der Waals surface area contributed by atoms with Gasteiger partial charge in [-0.25, -0.2) is 4.98 Å². The van der Waals surface area contributed by atoms with Gasteiger partial charge in [0, 0.05) is 12.4 Å². The van der Waals surface area contributed by atoms with Gasteiger partial charge >= 0.3 is 0 Å². The Morgan fingerprint density at radius 1 is 1.32 bits per heavy atom. The normalized spacial score (nSPS) is 12.5. The van der Waals surface area contributed by atoms with Gasteiger partial charge in [0.25, 0.3) is 0 Å². The molecule has 0 saturated heterocycles. The monoisotopic (exact) mass is 290 g/mol. The molecule has 0 bridgehead atoms. The minimum absolute atomic E-state index is 0.102. The average Bonchev–Trinajstić information content (AvgIpc) is 2.88. The number of hydrogen-bond acceptors (Lipinski definition) is 5. The van der Waals surface area contributed by atoms with Crippen LogP contribution in [0.4, 0.5) is 5.82 Å². The summed E-state index contributed by atoms with van der Waals surface area (Å²) in [4.78, 5) is 12.6. The highest BCUT2D eigenvalue weighted by atomic mass is 35.5. The number of nitrogens with zero attached hydrogens (tertiary/aromatic N) is 3. The highest BCUT2D eigenvalue weighted by Gasteiger charge is 2.11. The second-order valence-electron chi connectivity index (χ2n) is 4.13. The Bertz CT molecular complexity index is 698. The Hall–Kier alpha value is -1.72. The van der Waals surface area contributed by atoms with Crippen LogP contribution in [0, 0.1) is 0 Å². The molecule has 1 atom stereocenters. The zero-order chi connectivity index (χ0) is 13.2. The number of nitrogens with one attached hydrogen (secondary N) is 1. The molecule has 0 radical (unpaired) electrons. The van der Waals surface area contributed by atoms with E-state index in [2.05, 4.69) is 27.2 Å². The van der Waals surface area contributed by atoms with Gasteiger partial charge in [-0.3, -0.25) is 4.98 Å². The summed E-state index contributed by atoms with van der Waals surface area (Å²) in [6, 6.07) is 5.98. The first kappa shape index (κ1) is 12.3. The molecular formula is C13H11ClN4S. The van der Waals surface area contributed by atoms with Crippen molar-refractivity contribution in [2.24, 2.45) is 0 Å². The van der Waals surface area contributed by atoms with E-state index in [0.717, 1.165) is 21.6 Å². The van der Waals surface area contributed by atoms with Crippen molar-refractivity contribution < 1.29 is 0 Å². The molecule has 96 valence electrons. The molecule has 0 fully saturated rings. The fraction of sp³-hybridized carbons (Fsp3) is 0.154. The van der Waals surface area contributed by atoms with Crippen LogP contribution < -0.4 is 5.32 Å². The lowest BCUT2D eigenvalue weighted by Crippen LogP contribution is -2.08. The van der Waals surface area contributed by atoms with Gasteiger partial charge in [0.2, 0.25) is 5.28 Å². The zero-order valence-electron chi connectivity index (χ0n) is 10.2. The molecule has 0 saturated carbocycles. The van der Waals surface area contributed by atoms with Gasteiger partial charge in [-0.05, 0) is 41.6 Å². The molecule has 3 aromatic rings. The largest absolute Gasteiger partial charge is 0.362 e. The molecular weight excluding hydrogens is 280 g/mol. The molecule has 0 aliphatic heterocycles. The molecule has 3 rings (SSSR count). The topological polar surface area (TPSA) is 50.7 Å². The van der Waals surface area contributed by atoms with Crippen molar-refractivity contribution in [3.8, 4) is 0 Å². The van der Waals surface area contributed by atoms with Crippen LogP contribution in [0.15, 0.2) is 36.0 Å². The van der Waals surface area contributed by atoms with Gasteiger partial charge in [0.1, 0.15) is 5.82 Å². The highest BCUT2D eigenvalue weighted by Crippen LogP contribution is 2.29. The van der Waals surface area contributed by atoms with Gasteiger partial charge in [0.15, 0.2) is 0 Å². The number of pyridine rings is 1. The molecule has 1 unspecified atom stereocenters. The van der Waals surface area contributed by atoms with Crippen LogP contribution in [0.25, 0.3) is 10.2 Å². The number of aromatic nitrogens is 3. The summed E-state index contributed by atoms with van der Waals surface area (Å²) >= 11 is 7.54. The summed E-state index contributed by atoms with van der Waals surface area (Å²) in [7, 11) is 0. The van der Waals surface area contributed by atoms with Crippen molar-refractivity contribution >= 4 is 39.0 Å². The number of rotatable bonds is 3. The number of anilines is 1. The lowest BCUT2D eigenvalue weighted by atomic mass is 10.1. The van der Waals surface area contributed by atoms with Crippen LogP contribution in [0.5, 0.6) is 0 Å². The summed E-state index contributed by atoms with van der Waals surface area (Å²) in [5.74, 6) is 0.765. The maximum absolute atomic E-state index is 5.94. The second-order valence-corrected chi connectivity index (χ2v) is 5.38. The molecule has 0 aromatic carbocycles. The van der Waals surface area contributed by atoms with Crippen LogP contribution in [-0.4, -0.2) is 15.0 Å². The van der Waals surface area contributed by atoms with Crippen molar-refractivity contribution in [2.75, 3.05) is 5.32 Å². The maximum Gasteiger partial charge on any atom is 0.224 e. The fourth-order valence-corrected chi connectivity index (χ4v) is 2.81. The molecule has 0 aliphatic carbocycles. The Morgan fingerprint density at radius 2 is 2.21 bits per heavy atom. The minimum Gasteiger partial charge on any atom is -0.362 e. The first-order valence-corrected chi connectivity index (χ1v) is 7.07. The Balaban J connectivity index is 1.95. The third-order valence-corrected chi connectivity index (χ3v) is 3.89. The predicted molar refractivity (Wildman–Crippen MR) is 78.7 cm³/mol. The standard InChI is InChI=1S/C13H11ClN4S/c1-8(9-3-2-5-15-7-9)16-12-11-10(4-6-19-11)17-13(14)18-12/h2-8H,1H3,(H,16,17,18). The molecule has 0 aliphatic rings. The average molecular weight is 291 g/mol. The van der Waals surface area contributed by atoms with Gasteiger partial charge in [-0.2, -0.15) is 4.98 Å². The molecule has 0 spiro atoms. The molecule has 6 heteroatoms. The molecule has 4 nitrogen and oxygen atoms in total. The van der Waals surface area contributed by atoms with E-state index in [9.17, 15) is 0 Å². The lowest BCUT2D eigenvalue weighted by Gasteiger charge is -2.14. The molecule has 1 N–H and O–H groups in total. The number of thiophene rings is 1. The van der Waals surface area contributed by atoms with E-state index in [-0.39, 0.29) is 11.3 Å². The van der Waals surface area contributed by atoms with E-state index in [1.807, 2.05) is 29.8 Å². The summed E-state index contributed by atoms with van der Waals surface area (Å²) < 4.78 is 1.01. The first-order chi connectivity index (χ1) is 9.24. The summed E-state index contributed by atoms with van der Waals surface area (Å²) in [6.45, 7) is 2.06. The van der Waals surface area contributed by atoms with Crippen molar-refractivity contribution in [3.63, 3.8) is 0 Å². The van der Waals surface area contributed by atoms with Crippen LogP contribution in [-0.2, 0) is 0 Å². The first-order valence-electron chi connectivity index (χ1n) is 5.81. The number of fused-ring (bicyclic) bond motifs is 1. The molecule has 19 heavy (non-hydrogen) atoms. The quantitative estimate of drug-likeness (QED) is 0.743. The Morgan fingerprint density at radius 3 is 3.00 bits per heavy atom. The SMILES string of the molecule is CC(Nc1nc(Cl)nc2ccsc12)c1cccnc1. The summed E-state index contributed by atoms with van der Waals surface area (Å²) in [5.41, 5.74) is 1.97. The van der Waals surface area contributed by atoms with E-state index in [0.29, 0.717) is 0 Å². The van der Waals surface area contributed by atoms with Gasteiger partial charge in [-0.15, -0.1) is 11.3 Å². The van der Waals surface area contributed by atoms with Crippen LogP contribution in [0.2, 0.25) is 5.28 Å². The van der Waals surface area contributed by atoms with Gasteiger partial charge < -0.3 is 5.32 Å². The third kappa shape index (κ3) is 2.52. The smallest absolute Gasteiger partial charge is 0.224 e. The number of hydrogen-bond donors (Lipinski definition) is 1. The van der Waals surface area contributed by atoms with Crippen molar-refractivity contribution in [1.29, 1.82) is 0 Å². The Kier molecular flexibility index (Phi) is 3.31. The minimum atomic E-state index is 0.102. The molecule has 3 aromatic heterocycles. The summed E-state index contributed by atoms with van der Waals surface area (Å²) in [5, 5.41) is 5.60. The highest BCUT2D eigenvalue weighted by molar-refractivity contribution is 7.17. The van der Waals surface area contributed by atoms with Crippen LogP contribution in [0.1, 0.15) is 18.5 Å². The summed E-state index contributed by atoms with van der Waals surface area (Å²) in [6.07, 6.45) is 3.60. The van der Waals surface area contributed by atoms with Crippen molar-refractivity contribution in [1.82, 2.24) is 15.0 Å². The third-order valence-electron chi connectivity index (χ3n) is 2.81.